The normalized spacial score (nSPS) is 11.0. The van der Waals surface area contributed by atoms with E-state index in [0.717, 1.165) is 24.1 Å². The van der Waals surface area contributed by atoms with Gasteiger partial charge in [0.05, 0.1) is 0 Å². The van der Waals surface area contributed by atoms with E-state index >= 15 is 0 Å². The molecular weight excluding hydrogens is 288 g/mol. The van der Waals surface area contributed by atoms with Crippen LogP contribution in [0.4, 0.5) is 0 Å². The summed E-state index contributed by atoms with van der Waals surface area (Å²) in [7, 11) is 2.68. The molecule has 21 heavy (non-hydrogen) atoms. The van der Waals surface area contributed by atoms with Crippen LogP contribution in [0.1, 0.15) is 18.9 Å². The van der Waals surface area contributed by atoms with Crippen LogP contribution in [-0.4, -0.2) is 41.2 Å². The maximum atomic E-state index is 10.1. The summed E-state index contributed by atoms with van der Waals surface area (Å²) >= 11 is 0. The van der Waals surface area contributed by atoms with E-state index < -0.39 is 14.8 Å². The van der Waals surface area contributed by atoms with Gasteiger partial charge >= 0.3 is 14.8 Å². The summed E-state index contributed by atoms with van der Waals surface area (Å²) < 4.78 is 15.5. The van der Waals surface area contributed by atoms with Crippen molar-refractivity contribution in [2.24, 2.45) is 0 Å². The summed E-state index contributed by atoms with van der Waals surface area (Å²) in [6, 6.07) is 10.2. The van der Waals surface area contributed by atoms with Crippen molar-refractivity contribution in [3.63, 3.8) is 0 Å². The largest absolute Gasteiger partial charge is 0.500 e. The lowest BCUT2D eigenvalue weighted by Crippen LogP contribution is -2.42. The van der Waals surface area contributed by atoms with Gasteiger partial charge in [-0.25, -0.2) is 4.79 Å². The maximum Gasteiger partial charge on any atom is 0.500 e. The van der Waals surface area contributed by atoms with Gasteiger partial charge in [0.15, 0.2) is 0 Å². The first-order valence-electron chi connectivity index (χ1n) is 6.65. The van der Waals surface area contributed by atoms with Crippen LogP contribution in [0.25, 0.3) is 6.08 Å². The van der Waals surface area contributed by atoms with E-state index in [9.17, 15) is 4.79 Å². The van der Waals surface area contributed by atoms with Crippen LogP contribution in [0.2, 0.25) is 6.04 Å². The Kier molecular flexibility index (Phi) is 10.4. The Labute approximate surface area is 127 Å². The van der Waals surface area contributed by atoms with Crippen molar-refractivity contribution in [3.8, 4) is 0 Å². The molecule has 0 bridgehead atoms. The molecule has 118 valence electrons. The molecule has 0 aromatic heterocycles. The number of rotatable bonds is 7. The van der Waals surface area contributed by atoms with Crippen molar-refractivity contribution in [3.05, 3.63) is 42.0 Å². The van der Waals surface area contributed by atoms with Gasteiger partial charge in [-0.2, -0.15) is 0 Å². The van der Waals surface area contributed by atoms with Crippen molar-refractivity contribution >= 4 is 20.8 Å². The quantitative estimate of drug-likeness (QED) is 0.619. The van der Waals surface area contributed by atoms with Crippen molar-refractivity contribution in [2.75, 3.05) is 21.3 Å². The van der Waals surface area contributed by atoms with Gasteiger partial charge in [0.25, 0.3) is 0 Å². The predicted molar refractivity (Wildman–Crippen MR) is 85.0 cm³/mol. The summed E-state index contributed by atoms with van der Waals surface area (Å²) in [5.41, 5.74) is 0.898. The Bertz CT molecular complexity index is 407. The van der Waals surface area contributed by atoms with Gasteiger partial charge in [-0.1, -0.05) is 43.7 Å². The molecule has 0 saturated heterocycles. The molecule has 0 aliphatic rings. The standard InChI is InChI=1S/C9H8O2.C6H16O3Si/c10-9(11)7-6-8-4-2-1-3-5-8;1-5-6-10(7-2,8-3)9-4/h1-7H,(H,10,11);5-6H2,1-4H3. The molecule has 1 N–H and O–H groups in total. The number of benzene rings is 1. The van der Waals surface area contributed by atoms with Crippen LogP contribution in [-0.2, 0) is 18.1 Å². The van der Waals surface area contributed by atoms with E-state index in [1.165, 1.54) is 0 Å². The lowest BCUT2D eigenvalue weighted by Gasteiger charge is -2.23. The number of aliphatic carboxylic acids is 1. The number of carbonyl (C=O) groups is 1. The van der Waals surface area contributed by atoms with Crippen molar-refractivity contribution in [1.82, 2.24) is 0 Å². The zero-order valence-electron chi connectivity index (χ0n) is 13.0. The third-order valence-electron chi connectivity index (χ3n) is 2.71. The topological polar surface area (TPSA) is 65.0 Å². The van der Waals surface area contributed by atoms with E-state index in [1.54, 1.807) is 27.4 Å². The Balaban J connectivity index is 0.000000384. The van der Waals surface area contributed by atoms with Gasteiger partial charge < -0.3 is 18.4 Å². The van der Waals surface area contributed by atoms with E-state index in [-0.39, 0.29) is 0 Å². The van der Waals surface area contributed by atoms with Crippen molar-refractivity contribution in [2.45, 2.75) is 19.4 Å². The predicted octanol–water partition coefficient (Wildman–Crippen LogP) is 3.06. The lowest BCUT2D eigenvalue weighted by molar-refractivity contribution is -0.131. The molecule has 0 amide bonds. The van der Waals surface area contributed by atoms with Gasteiger partial charge in [0.1, 0.15) is 0 Å². The van der Waals surface area contributed by atoms with Gasteiger partial charge in [0.2, 0.25) is 0 Å². The first-order valence-corrected chi connectivity index (χ1v) is 8.58. The highest BCUT2D eigenvalue weighted by atomic mass is 28.4. The fourth-order valence-electron chi connectivity index (χ4n) is 1.59. The molecule has 0 saturated carbocycles. The fourth-order valence-corrected chi connectivity index (χ4v) is 3.32. The molecule has 0 atom stereocenters. The number of carboxylic acids is 1. The lowest BCUT2D eigenvalue weighted by atomic mass is 10.2. The zero-order chi connectivity index (χ0) is 16.1. The van der Waals surface area contributed by atoms with E-state index in [2.05, 4.69) is 6.92 Å². The summed E-state index contributed by atoms with van der Waals surface area (Å²) in [6.07, 6.45) is 3.71. The summed E-state index contributed by atoms with van der Waals surface area (Å²) in [5, 5.41) is 8.29. The van der Waals surface area contributed by atoms with E-state index in [0.29, 0.717) is 0 Å². The molecule has 1 aromatic carbocycles. The van der Waals surface area contributed by atoms with Crippen LogP contribution in [0.15, 0.2) is 36.4 Å². The zero-order valence-corrected chi connectivity index (χ0v) is 14.0. The second-order valence-electron chi connectivity index (χ2n) is 4.13. The average Bonchev–Trinajstić information content (AvgIpc) is 2.52. The minimum absolute atomic E-state index is 0.885. The number of carboxylic acid groups (broad SMARTS) is 1. The molecule has 0 radical (unpaired) electrons. The monoisotopic (exact) mass is 312 g/mol. The van der Waals surface area contributed by atoms with Gasteiger partial charge in [0, 0.05) is 33.4 Å². The first-order chi connectivity index (χ1) is 10.0. The van der Waals surface area contributed by atoms with Gasteiger partial charge in [-0.3, -0.25) is 0 Å². The maximum absolute atomic E-state index is 10.1. The van der Waals surface area contributed by atoms with Crippen molar-refractivity contribution < 1.29 is 23.2 Å². The Morgan fingerprint density at radius 2 is 1.67 bits per heavy atom. The molecule has 1 rings (SSSR count). The highest BCUT2D eigenvalue weighted by molar-refractivity contribution is 6.60. The highest BCUT2D eigenvalue weighted by Gasteiger charge is 2.36. The fraction of sp³-hybridized carbons (Fsp3) is 0.400. The SMILES string of the molecule is CCC[Si](OC)(OC)OC.O=C(O)C=Cc1ccccc1. The molecule has 0 aliphatic heterocycles. The van der Waals surface area contributed by atoms with Crippen LogP contribution >= 0.6 is 0 Å². The Morgan fingerprint density at radius 3 is 2.00 bits per heavy atom. The molecule has 0 fully saturated rings. The third kappa shape index (κ3) is 8.41. The summed E-state index contributed by atoms with van der Waals surface area (Å²) in [6.45, 7) is 2.08. The molecule has 6 heteroatoms. The number of hydrogen-bond acceptors (Lipinski definition) is 4. The molecule has 0 heterocycles. The molecular formula is C15H24O5Si. The smallest absolute Gasteiger partial charge is 0.478 e. The molecule has 0 aliphatic carbocycles. The first kappa shape index (κ1) is 19.5. The highest BCUT2D eigenvalue weighted by Crippen LogP contribution is 2.13. The Morgan fingerprint density at radius 1 is 1.14 bits per heavy atom. The van der Waals surface area contributed by atoms with Crippen LogP contribution in [0.3, 0.4) is 0 Å². The molecule has 5 nitrogen and oxygen atoms in total. The second kappa shape index (κ2) is 11.2. The summed E-state index contributed by atoms with van der Waals surface area (Å²) in [5.74, 6) is -0.922. The summed E-state index contributed by atoms with van der Waals surface area (Å²) in [4.78, 5) is 10.1. The minimum atomic E-state index is -2.22. The molecule has 1 aromatic rings. The second-order valence-corrected chi connectivity index (χ2v) is 7.22. The third-order valence-corrected chi connectivity index (χ3v) is 5.69. The van der Waals surface area contributed by atoms with Crippen LogP contribution in [0, 0.1) is 0 Å². The molecule has 0 unspecified atom stereocenters. The van der Waals surface area contributed by atoms with E-state index in [1.807, 2.05) is 30.3 Å². The average molecular weight is 312 g/mol. The number of hydrogen-bond donors (Lipinski definition) is 1. The van der Waals surface area contributed by atoms with Crippen LogP contribution in [0.5, 0.6) is 0 Å². The minimum Gasteiger partial charge on any atom is -0.478 e. The Hall–Kier alpha value is -1.47. The van der Waals surface area contributed by atoms with Crippen molar-refractivity contribution in [1.29, 1.82) is 0 Å². The van der Waals surface area contributed by atoms with Crippen LogP contribution < -0.4 is 0 Å². The van der Waals surface area contributed by atoms with Gasteiger partial charge in [-0.05, 0) is 11.6 Å². The van der Waals surface area contributed by atoms with E-state index in [4.69, 9.17) is 18.4 Å². The molecule has 0 spiro atoms. The van der Waals surface area contributed by atoms with Gasteiger partial charge in [-0.15, -0.1) is 0 Å².